The Balaban J connectivity index is 1.46. The van der Waals surface area contributed by atoms with Crippen molar-refractivity contribution in [3.63, 3.8) is 0 Å². The largest absolute Gasteiger partial charge is 0.490 e. The number of halogens is 1. The van der Waals surface area contributed by atoms with Crippen LogP contribution in [-0.2, 0) is 0 Å². The third-order valence-corrected chi connectivity index (χ3v) is 3.92. The topological polar surface area (TPSA) is 84.9 Å². The van der Waals surface area contributed by atoms with Crippen LogP contribution >= 0.6 is 0 Å². The molecule has 3 aromatic rings. The summed E-state index contributed by atoms with van der Waals surface area (Å²) < 4.78 is 23.9. The third-order valence-electron chi connectivity index (χ3n) is 3.92. The quantitative estimate of drug-likeness (QED) is 0.558. The van der Waals surface area contributed by atoms with Crippen molar-refractivity contribution in [1.29, 1.82) is 0 Å². The van der Waals surface area contributed by atoms with Crippen LogP contribution in [0.15, 0.2) is 72.8 Å². The van der Waals surface area contributed by atoms with E-state index in [1.54, 1.807) is 36.4 Å². The average molecular weight is 395 g/mol. The summed E-state index contributed by atoms with van der Waals surface area (Å²) in [6, 6.07) is 18.3. The number of carbonyl (C=O) groups is 2. The van der Waals surface area contributed by atoms with Gasteiger partial charge < -0.3 is 19.9 Å². The molecular formula is C22H18FNO5. The van der Waals surface area contributed by atoms with E-state index in [4.69, 9.17) is 14.6 Å². The highest BCUT2D eigenvalue weighted by Crippen LogP contribution is 2.16. The summed E-state index contributed by atoms with van der Waals surface area (Å²) in [6.07, 6.45) is 0. The molecule has 0 aliphatic rings. The molecule has 1 amide bonds. The van der Waals surface area contributed by atoms with Crippen LogP contribution in [0.4, 0.5) is 10.1 Å². The number of carbonyl (C=O) groups excluding carboxylic acids is 1. The molecule has 7 heteroatoms. The summed E-state index contributed by atoms with van der Waals surface area (Å²) >= 11 is 0. The summed E-state index contributed by atoms with van der Waals surface area (Å²) in [6.45, 7) is 0.480. The van der Waals surface area contributed by atoms with Gasteiger partial charge in [0.05, 0.1) is 5.56 Å². The lowest BCUT2D eigenvalue weighted by molar-refractivity contribution is 0.0696. The lowest BCUT2D eigenvalue weighted by atomic mass is 10.2. The second kappa shape index (κ2) is 9.36. The minimum absolute atomic E-state index is 0.151. The van der Waals surface area contributed by atoms with E-state index < -0.39 is 5.97 Å². The maximum atomic E-state index is 12.9. The van der Waals surface area contributed by atoms with E-state index in [9.17, 15) is 14.0 Å². The van der Waals surface area contributed by atoms with Crippen LogP contribution in [-0.4, -0.2) is 30.2 Å². The number of carboxylic acid groups (broad SMARTS) is 1. The van der Waals surface area contributed by atoms with Gasteiger partial charge in [0, 0.05) is 11.3 Å². The zero-order chi connectivity index (χ0) is 20.6. The molecule has 0 atom stereocenters. The Hall–Kier alpha value is -3.87. The summed E-state index contributed by atoms with van der Waals surface area (Å²) in [5.74, 6) is -0.698. The van der Waals surface area contributed by atoms with Gasteiger partial charge in [-0.3, -0.25) is 4.79 Å². The van der Waals surface area contributed by atoms with Crippen LogP contribution in [0.2, 0.25) is 0 Å². The first-order valence-electron chi connectivity index (χ1n) is 8.77. The highest BCUT2D eigenvalue weighted by atomic mass is 19.1. The second-order valence-electron chi connectivity index (χ2n) is 6.02. The van der Waals surface area contributed by atoms with Gasteiger partial charge in [0.1, 0.15) is 30.5 Å². The van der Waals surface area contributed by atoms with Crippen LogP contribution < -0.4 is 14.8 Å². The van der Waals surface area contributed by atoms with Crippen LogP contribution in [0.1, 0.15) is 20.7 Å². The second-order valence-corrected chi connectivity index (χ2v) is 6.02. The lowest BCUT2D eigenvalue weighted by Crippen LogP contribution is -2.12. The minimum Gasteiger partial charge on any atom is -0.490 e. The van der Waals surface area contributed by atoms with Gasteiger partial charge in [-0.2, -0.15) is 0 Å². The Morgan fingerprint density at radius 2 is 1.48 bits per heavy atom. The molecule has 0 saturated heterocycles. The predicted molar refractivity (Wildman–Crippen MR) is 105 cm³/mol. The average Bonchev–Trinajstić information content (AvgIpc) is 2.73. The van der Waals surface area contributed by atoms with Gasteiger partial charge in [-0.15, -0.1) is 0 Å². The van der Waals surface area contributed by atoms with Crippen molar-refractivity contribution in [2.45, 2.75) is 0 Å². The molecule has 0 radical (unpaired) electrons. The molecule has 0 aliphatic heterocycles. The minimum atomic E-state index is -1.02. The van der Waals surface area contributed by atoms with E-state index in [1.807, 2.05) is 0 Å². The number of hydrogen-bond donors (Lipinski definition) is 2. The molecule has 0 fully saturated rings. The Labute approximate surface area is 166 Å². The fraction of sp³-hybridized carbons (Fsp3) is 0.0909. The molecule has 3 rings (SSSR count). The number of amides is 1. The molecule has 0 saturated carbocycles. The molecule has 3 aromatic carbocycles. The summed E-state index contributed by atoms with van der Waals surface area (Å²) in [4.78, 5) is 23.1. The van der Waals surface area contributed by atoms with E-state index >= 15 is 0 Å². The van der Waals surface area contributed by atoms with Crippen molar-refractivity contribution in [1.82, 2.24) is 0 Å². The highest BCUT2D eigenvalue weighted by molar-refractivity contribution is 6.04. The Kier molecular flexibility index (Phi) is 6.42. The van der Waals surface area contributed by atoms with Crippen LogP contribution in [0, 0.1) is 5.82 Å². The fourth-order valence-corrected chi connectivity index (χ4v) is 2.48. The van der Waals surface area contributed by atoms with Gasteiger partial charge in [0.25, 0.3) is 5.91 Å². The standard InChI is InChI=1S/C22H18FNO5/c23-17-6-8-18(9-7-17)24-21(25)15-4-10-19(11-5-15)28-12-13-29-20-3-1-2-16(14-20)22(26)27/h1-11,14H,12-13H2,(H,24,25)(H,26,27). The number of rotatable bonds is 8. The molecule has 0 aromatic heterocycles. The number of anilines is 1. The first-order valence-corrected chi connectivity index (χ1v) is 8.77. The number of carboxylic acids is 1. The van der Waals surface area contributed by atoms with E-state index in [0.717, 1.165) is 0 Å². The molecule has 29 heavy (non-hydrogen) atoms. The van der Waals surface area contributed by atoms with Gasteiger partial charge in [-0.05, 0) is 66.7 Å². The predicted octanol–water partition coefficient (Wildman–Crippen LogP) is 4.23. The number of benzene rings is 3. The van der Waals surface area contributed by atoms with Crippen molar-refractivity contribution >= 4 is 17.6 Å². The van der Waals surface area contributed by atoms with Gasteiger partial charge in [0.15, 0.2) is 0 Å². The first-order chi connectivity index (χ1) is 14.0. The normalized spacial score (nSPS) is 10.2. The number of nitrogens with one attached hydrogen (secondary N) is 1. The summed E-state index contributed by atoms with van der Waals surface area (Å²) in [7, 11) is 0. The number of hydrogen-bond acceptors (Lipinski definition) is 4. The van der Waals surface area contributed by atoms with E-state index in [-0.39, 0.29) is 30.5 Å². The Morgan fingerprint density at radius 3 is 2.14 bits per heavy atom. The summed E-state index contributed by atoms with van der Waals surface area (Å²) in [5.41, 5.74) is 1.09. The molecular weight excluding hydrogens is 377 g/mol. The number of aromatic carboxylic acids is 1. The molecule has 0 aliphatic carbocycles. The Morgan fingerprint density at radius 1 is 0.828 bits per heavy atom. The smallest absolute Gasteiger partial charge is 0.335 e. The molecule has 0 spiro atoms. The van der Waals surface area contributed by atoms with Crippen LogP contribution in [0.25, 0.3) is 0 Å². The molecule has 0 bridgehead atoms. The third kappa shape index (κ3) is 5.80. The molecule has 0 unspecified atom stereocenters. The zero-order valence-electron chi connectivity index (χ0n) is 15.3. The maximum absolute atomic E-state index is 12.9. The molecule has 6 nitrogen and oxygen atoms in total. The lowest BCUT2D eigenvalue weighted by Gasteiger charge is -2.10. The van der Waals surface area contributed by atoms with Gasteiger partial charge in [-0.1, -0.05) is 6.07 Å². The summed E-state index contributed by atoms with van der Waals surface area (Å²) in [5, 5.41) is 11.6. The van der Waals surface area contributed by atoms with E-state index in [2.05, 4.69) is 5.32 Å². The molecule has 0 heterocycles. The van der Waals surface area contributed by atoms with Gasteiger partial charge >= 0.3 is 5.97 Å². The monoisotopic (exact) mass is 395 g/mol. The Bertz CT molecular complexity index is 987. The van der Waals surface area contributed by atoms with E-state index in [0.29, 0.717) is 22.7 Å². The van der Waals surface area contributed by atoms with Crippen molar-refractivity contribution in [3.8, 4) is 11.5 Å². The van der Waals surface area contributed by atoms with Crippen LogP contribution in [0.3, 0.4) is 0 Å². The van der Waals surface area contributed by atoms with Gasteiger partial charge in [0.2, 0.25) is 0 Å². The van der Waals surface area contributed by atoms with Crippen LogP contribution in [0.5, 0.6) is 11.5 Å². The molecule has 148 valence electrons. The fourth-order valence-electron chi connectivity index (χ4n) is 2.48. The maximum Gasteiger partial charge on any atom is 0.335 e. The highest BCUT2D eigenvalue weighted by Gasteiger charge is 2.07. The van der Waals surface area contributed by atoms with Gasteiger partial charge in [-0.25, -0.2) is 9.18 Å². The van der Waals surface area contributed by atoms with E-state index in [1.165, 1.54) is 36.4 Å². The first kappa shape index (κ1) is 19.9. The van der Waals surface area contributed by atoms with Crippen molar-refractivity contribution in [2.24, 2.45) is 0 Å². The number of ether oxygens (including phenoxy) is 2. The van der Waals surface area contributed by atoms with Crippen molar-refractivity contribution < 1.29 is 28.6 Å². The molecule has 2 N–H and O–H groups in total. The SMILES string of the molecule is O=C(O)c1cccc(OCCOc2ccc(C(=O)Nc3ccc(F)cc3)cc2)c1. The van der Waals surface area contributed by atoms with Crippen molar-refractivity contribution in [3.05, 3.63) is 89.7 Å². The van der Waals surface area contributed by atoms with Crippen molar-refractivity contribution in [2.75, 3.05) is 18.5 Å². The zero-order valence-corrected chi connectivity index (χ0v) is 15.3.